The third-order valence-electron chi connectivity index (χ3n) is 8.21. The van der Waals surface area contributed by atoms with E-state index in [0.717, 1.165) is 52.2 Å². The van der Waals surface area contributed by atoms with Crippen LogP contribution in [0.1, 0.15) is 38.3 Å². The first-order valence-electron chi connectivity index (χ1n) is 13.8. The van der Waals surface area contributed by atoms with Crippen LogP contribution >= 0.6 is 0 Å². The second-order valence-corrected chi connectivity index (χ2v) is 13.3. The Hall–Kier alpha value is -3.73. The second-order valence-electron chi connectivity index (χ2n) is 11.1. The van der Waals surface area contributed by atoms with Gasteiger partial charge in [0, 0.05) is 72.1 Å². The van der Waals surface area contributed by atoms with Crippen LogP contribution in [0, 0.1) is 12.8 Å². The predicted octanol–water partition coefficient (Wildman–Crippen LogP) is 4.42. The molecule has 4 aromatic rings. The number of ether oxygens (including phenoxy) is 1. The van der Waals surface area contributed by atoms with Gasteiger partial charge in [-0.3, -0.25) is 9.97 Å². The molecule has 10 nitrogen and oxygen atoms in total. The minimum atomic E-state index is -3.04. The molecule has 0 radical (unpaired) electrons. The first kappa shape index (κ1) is 26.5. The summed E-state index contributed by atoms with van der Waals surface area (Å²) in [5, 5.41) is 9.34. The number of hydrogen-bond donors (Lipinski definition) is 1. The van der Waals surface area contributed by atoms with Crippen LogP contribution in [0.4, 0.5) is 11.5 Å². The number of aromatic nitrogens is 5. The van der Waals surface area contributed by atoms with Crippen molar-refractivity contribution in [2.24, 2.45) is 5.92 Å². The molecule has 5 heterocycles. The third kappa shape index (κ3) is 5.10. The van der Waals surface area contributed by atoms with Gasteiger partial charge in [0.2, 0.25) is 0 Å². The first-order valence-corrected chi connectivity index (χ1v) is 15.8. The fourth-order valence-electron chi connectivity index (χ4n) is 5.99. The van der Waals surface area contributed by atoms with E-state index in [2.05, 4.69) is 28.2 Å². The van der Waals surface area contributed by atoms with Crippen molar-refractivity contribution in [3.63, 3.8) is 0 Å². The number of nitrogens with zero attached hydrogens (tertiary/aromatic N) is 6. The summed E-state index contributed by atoms with van der Waals surface area (Å²) in [6.07, 6.45) is 11.3. The monoisotopic (exact) mass is 561 g/mol. The quantitative estimate of drug-likeness (QED) is 0.334. The van der Waals surface area contributed by atoms with Crippen molar-refractivity contribution >= 4 is 32.2 Å². The first-order chi connectivity index (χ1) is 19.2. The molecule has 210 valence electrons. The number of rotatable bonds is 8. The Bertz CT molecular complexity index is 1660. The molecule has 2 atom stereocenters. The Labute approximate surface area is 234 Å². The average Bonchev–Trinajstić information content (AvgIpc) is 3.60. The maximum atomic E-state index is 11.9. The summed E-state index contributed by atoms with van der Waals surface area (Å²) in [5.41, 5.74) is 4.30. The lowest BCUT2D eigenvalue weighted by Gasteiger charge is -2.48. The second kappa shape index (κ2) is 10.3. The van der Waals surface area contributed by atoms with Crippen LogP contribution < -0.4 is 15.0 Å². The van der Waals surface area contributed by atoms with Gasteiger partial charge in [0.05, 0.1) is 35.8 Å². The third-order valence-corrected chi connectivity index (χ3v) is 9.24. The zero-order valence-electron chi connectivity index (χ0n) is 23.3. The number of nitrogens with one attached hydrogen (secondary N) is 1. The molecule has 1 saturated heterocycles. The van der Waals surface area contributed by atoms with Crippen molar-refractivity contribution < 1.29 is 13.2 Å². The summed E-state index contributed by atoms with van der Waals surface area (Å²) in [6, 6.07) is 8.45. The van der Waals surface area contributed by atoms with Crippen LogP contribution in [-0.4, -0.2) is 70.9 Å². The Morgan fingerprint density at radius 3 is 2.65 bits per heavy atom. The smallest absolute Gasteiger partial charge is 0.158 e. The zero-order valence-corrected chi connectivity index (χ0v) is 24.1. The molecule has 2 fully saturated rings. The van der Waals surface area contributed by atoms with Gasteiger partial charge in [-0.2, -0.15) is 5.10 Å². The van der Waals surface area contributed by atoms with Gasteiger partial charge in [-0.05, 0) is 38.8 Å². The molecule has 11 heteroatoms. The summed E-state index contributed by atoms with van der Waals surface area (Å²) in [4.78, 5) is 16.4. The number of hydrogen-bond acceptors (Lipinski definition) is 9. The molecule has 1 aliphatic heterocycles. The molecule has 1 N–H and O–H groups in total. The molecule has 0 unspecified atom stereocenters. The van der Waals surface area contributed by atoms with Gasteiger partial charge < -0.3 is 15.0 Å². The molecule has 6 rings (SSSR count). The van der Waals surface area contributed by atoms with Gasteiger partial charge in [0.15, 0.2) is 5.82 Å². The van der Waals surface area contributed by atoms with Gasteiger partial charge in [-0.1, -0.05) is 12.8 Å². The standard InChI is InChI=1S/C29H35N7O3S/c1-18-23-15-31-36(26(23)13-25(32-18)24-14-30-10-9-27(24)39-3)29-12-22(11-28(34-29)33-21-7-5-6-8-21)35-16-20(19(35)2)17-40(4,37)38/h9-15,19-21H,5-8,16-17H2,1-4H3,(H,33,34)/t19-,20-/m1/s1. The molecule has 1 aliphatic carbocycles. The molecule has 40 heavy (non-hydrogen) atoms. The summed E-state index contributed by atoms with van der Waals surface area (Å²) >= 11 is 0. The molecular formula is C29H35N7O3S. The van der Waals surface area contributed by atoms with Crippen molar-refractivity contribution in [3.05, 3.63) is 48.5 Å². The van der Waals surface area contributed by atoms with E-state index in [4.69, 9.17) is 19.8 Å². The zero-order chi connectivity index (χ0) is 28.0. The van der Waals surface area contributed by atoms with Crippen LogP contribution in [0.2, 0.25) is 0 Å². The highest BCUT2D eigenvalue weighted by Crippen LogP contribution is 2.36. The lowest BCUT2D eigenvalue weighted by atomic mass is 9.91. The topological polar surface area (TPSA) is 115 Å². The van der Waals surface area contributed by atoms with E-state index >= 15 is 0 Å². The fraction of sp³-hybridized carbons (Fsp3) is 0.448. The van der Waals surface area contributed by atoms with Crippen molar-refractivity contribution in [1.29, 1.82) is 0 Å². The number of aryl methyl sites for hydroxylation is 1. The highest BCUT2D eigenvalue weighted by molar-refractivity contribution is 7.90. The minimum absolute atomic E-state index is 0.106. The van der Waals surface area contributed by atoms with Crippen molar-refractivity contribution in [1.82, 2.24) is 24.7 Å². The molecule has 0 bridgehead atoms. The Balaban J connectivity index is 1.42. The highest BCUT2D eigenvalue weighted by Gasteiger charge is 2.38. The van der Waals surface area contributed by atoms with Gasteiger partial charge >= 0.3 is 0 Å². The van der Waals surface area contributed by atoms with E-state index in [1.54, 1.807) is 19.5 Å². The minimum Gasteiger partial charge on any atom is -0.496 e. The Morgan fingerprint density at radius 1 is 1.12 bits per heavy atom. The number of methoxy groups -OCH3 is 1. The van der Waals surface area contributed by atoms with Crippen LogP contribution in [0.3, 0.4) is 0 Å². The molecule has 0 amide bonds. The van der Waals surface area contributed by atoms with E-state index in [1.165, 1.54) is 19.1 Å². The summed E-state index contributed by atoms with van der Waals surface area (Å²) in [7, 11) is -1.40. The normalized spacial score (nSPS) is 19.6. The SMILES string of the molecule is COc1ccncc1-c1cc2c(cnn2-c2cc(N3C[C@H](CS(C)(=O)=O)[C@H]3C)cc(NC3CCCC3)n2)c(C)n1. The molecular weight excluding hydrogens is 526 g/mol. The maximum Gasteiger partial charge on any atom is 0.158 e. The van der Waals surface area contributed by atoms with Gasteiger partial charge in [-0.25, -0.2) is 18.1 Å². The van der Waals surface area contributed by atoms with E-state index in [1.807, 2.05) is 36.0 Å². The van der Waals surface area contributed by atoms with Crippen molar-refractivity contribution in [2.75, 3.05) is 35.9 Å². The molecule has 0 aromatic carbocycles. The van der Waals surface area contributed by atoms with E-state index < -0.39 is 9.84 Å². The summed E-state index contributed by atoms with van der Waals surface area (Å²) in [5.74, 6) is 2.51. The number of anilines is 2. The average molecular weight is 562 g/mol. The number of sulfone groups is 1. The Kier molecular flexibility index (Phi) is 6.85. The number of pyridine rings is 3. The fourth-order valence-corrected chi connectivity index (χ4v) is 7.15. The lowest BCUT2D eigenvalue weighted by Crippen LogP contribution is -2.57. The van der Waals surface area contributed by atoms with E-state index in [-0.39, 0.29) is 17.7 Å². The lowest BCUT2D eigenvalue weighted by molar-refractivity contribution is 0.341. The van der Waals surface area contributed by atoms with Crippen LogP contribution in [0.5, 0.6) is 5.75 Å². The highest BCUT2D eigenvalue weighted by atomic mass is 32.2. The summed E-state index contributed by atoms with van der Waals surface area (Å²) < 4.78 is 31.3. The summed E-state index contributed by atoms with van der Waals surface area (Å²) in [6.45, 7) is 4.76. The van der Waals surface area contributed by atoms with E-state index in [9.17, 15) is 8.42 Å². The van der Waals surface area contributed by atoms with Crippen LogP contribution in [0.15, 0.2) is 42.9 Å². The van der Waals surface area contributed by atoms with Crippen molar-refractivity contribution in [3.8, 4) is 22.8 Å². The van der Waals surface area contributed by atoms with Gasteiger partial charge in [0.1, 0.15) is 21.4 Å². The van der Waals surface area contributed by atoms with Crippen LogP contribution in [0.25, 0.3) is 28.0 Å². The van der Waals surface area contributed by atoms with Gasteiger partial charge in [0.25, 0.3) is 0 Å². The molecule has 4 aromatic heterocycles. The number of fused-ring (bicyclic) bond motifs is 1. The van der Waals surface area contributed by atoms with E-state index in [0.29, 0.717) is 24.2 Å². The molecule has 2 aliphatic rings. The van der Waals surface area contributed by atoms with Gasteiger partial charge in [-0.15, -0.1) is 0 Å². The van der Waals surface area contributed by atoms with Crippen molar-refractivity contribution in [2.45, 2.75) is 51.6 Å². The molecule has 1 saturated carbocycles. The Morgan fingerprint density at radius 2 is 1.93 bits per heavy atom. The maximum absolute atomic E-state index is 11.9. The largest absolute Gasteiger partial charge is 0.496 e. The van der Waals surface area contributed by atoms with Crippen LogP contribution in [-0.2, 0) is 9.84 Å². The molecule has 0 spiro atoms. The predicted molar refractivity (Wildman–Crippen MR) is 157 cm³/mol.